The number of nitrogens with one attached hydrogen (secondary N) is 1. The van der Waals surface area contributed by atoms with E-state index in [1.54, 1.807) is 18.2 Å². The van der Waals surface area contributed by atoms with E-state index in [2.05, 4.69) is 5.32 Å². The summed E-state index contributed by atoms with van der Waals surface area (Å²) < 4.78 is 0. The summed E-state index contributed by atoms with van der Waals surface area (Å²) in [5, 5.41) is 21.2. The molecule has 0 unspecified atom stereocenters. The van der Waals surface area contributed by atoms with Crippen LogP contribution in [0.15, 0.2) is 24.3 Å². The Hall–Kier alpha value is -2.55. The highest BCUT2D eigenvalue weighted by atomic mass is 16.4. The van der Waals surface area contributed by atoms with Gasteiger partial charge in [-0.2, -0.15) is 5.26 Å². The molecule has 3 amide bonds. The van der Waals surface area contributed by atoms with Gasteiger partial charge < -0.3 is 10.4 Å². The molecule has 1 atom stereocenters. The molecule has 6 heteroatoms. The summed E-state index contributed by atoms with van der Waals surface area (Å²) in [6.07, 6.45) is 3.00. The highest BCUT2D eigenvalue weighted by molar-refractivity contribution is 5.90. The van der Waals surface area contributed by atoms with Gasteiger partial charge in [0.2, 0.25) is 0 Å². The molecule has 1 aromatic carbocycles. The molecule has 0 spiro atoms. The van der Waals surface area contributed by atoms with Crippen LogP contribution >= 0.6 is 0 Å². The Balaban J connectivity index is 2.13. The third kappa shape index (κ3) is 4.22. The number of urea groups is 1. The lowest BCUT2D eigenvalue weighted by molar-refractivity contribution is 0.120. The number of carboxylic acid groups (broad SMARTS) is 1. The maximum absolute atomic E-state index is 12.4. The van der Waals surface area contributed by atoms with Crippen LogP contribution < -0.4 is 5.32 Å². The van der Waals surface area contributed by atoms with E-state index >= 15 is 0 Å². The quantitative estimate of drug-likeness (QED) is 0.891. The Morgan fingerprint density at radius 2 is 2.04 bits per heavy atom. The van der Waals surface area contributed by atoms with Crippen molar-refractivity contribution in [2.45, 2.75) is 51.1 Å². The largest absolute Gasteiger partial charge is 0.465 e. The Morgan fingerprint density at radius 1 is 1.35 bits per heavy atom. The number of nitriles is 1. The molecule has 1 aliphatic rings. The van der Waals surface area contributed by atoms with Crippen molar-refractivity contribution in [3.8, 4) is 6.07 Å². The molecule has 2 N–H and O–H groups in total. The van der Waals surface area contributed by atoms with Gasteiger partial charge in [-0.15, -0.1) is 0 Å². The average molecular weight is 315 g/mol. The van der Waals surface area contributed by atoms with Gasteiger partial charge in [0.25, 0.3) is 0 Å². The first-order valence-electron chi connectivity index (χ1n) is 7.81. The number of carbonyl (C=O) groups is 2. The number of carbonyl (C=O) groups excluding carboxylic acids is 1. The maximum Gasteiger partial charge on any atom is 0.415 e. The first-order valence-corrected chi connectivity index (χ1v) is 7.81. The molecular formula is C17H21N3O3. The lowest BCUT2D eigenvalue weighted by atomic mass is 9.94. The van der Waals surface area contributed by atoms with Gasteiger partial charge in [0.15, 0.2) is 0 Å². The predicted molar refractivity (Wildman–Crippen MR) is 84.8 cm³/mol. The van der Waals surface area contributed by atoms with Gasteiger partial charge in [-0.1, -0.05) is 49.1 Å². The Labute approximate surface area is 135 Å². The summed E-state index contributed by atoms with van der Waals surface area (Å²) in [6.45, 7) is 1.89. The van der Waals surface area contributed by atoms with E-state index < -0.39 is 18.2 Å². The van der Waals surface area contributed by atoms with Crippen molar-refractivity contribution in [1.29, 1.82) is 5.26 Å². The molecule has 0 heterocycles. The average Bonchev–Trinajstić information content (AvgIpc) is 2.53. The van der Waals surface area contributed by atoms with Crippen molar-refractivity contribution >= 4 is 12.1 Å². The molecule has 0 saturated heterocycles. The molecule has 6 nitrogen and oxygen atoms in total. The van der Waals surface area contributed by atoms with Crippen LogP contribution in [0.2, 0.25) is 0 Å². The van der Waals surface area contributed by atoms with Gasteiger partial charge in [0.05, 0.1) is 6.07 Å². The van der Waals surface area contributed by atoms with E-state index in [1.165, 1.54) is 0 Å². The number of aryl methyl sites for hydroxylation is 1. The van der Waals surface area contributed by atoms with Gasteiger partial charge in [0.1, 0.15) is 6.04 Å². The molecule has 0 bridgehead atoms. The number of amides is 3. The summed E-state index contributed by atoms with van der Waals surface area (Å²) in [4.78, 5) is 24.7. The zero-order valence-corrected chi connectivity index (χ0v) is 13.2. The number of benzene rings is 1. The normalized spacial score (nSPS) is 16.2. The second kappa shape index (κ2) is 7.63. The molecule has 1 fully saturated rings. The van der Waals surface area contributed by atoms with Crippen LogP contribution in [-0.2, 0) is 0 Å². The highest BCUT2D eigenvalue weighted by Crippen LogP contribution is 2.23. The molecule has 23 heavy (non-hydrogen) atoms. The second-order valence-electron chi connectivity index (χ2n) is 5.87. The van der Waals surface area contributed by atoms with Crippen molar-refractivity contribution in [2.75, 3.05) is 0 Å². The minimum absolute atomic E-state index is 0.307. The summed E-state index contributed by atoms with van der Waals surface area (Å²) in [5.41, 5.74) is 1.62. The van der Waals surface area contributed by atoms with Gasteiger partial charge in [0, 0.05) is 6.04 Å². The fourth-order valence-corrected chi connectivity index (χ4v) is 2.98. The smallest absolute Gasteiger partial charge is 0.415 e. The third-order valence-electron chi connectivity index (χ3n) is 4.14. The number of imide groups is 1. The molecular weight excluding hydrogens is 294 g/mol. The minimum Gasteiger partial charge on any atom is -0.465 e. The van der Waals surface area contributed by atoms with Crippen molar-refractivity contribution in [3.63, 3.8) is 0 Å². The first-order chi connectivity index (χ1) is 11.0. The highest BCUT2D eigenvalue weighted by Gasteiger charge is 2.32. The lowest BCUT2D eigenvalue weighted by Crippen LogP contribution is -2.50. The first kappa shape index (κ1) is 16.8. The molecule has 0 aliphatic heterocycles. The second-order valence-corrected chi connectivity index (χ2v) is 5.87. The zero-order valence-electron chi connectivity index (χ0n) is 13.2. The zero-order chi connectivity index (χ0) is 16.8. The predicted octanol–water partition coefficient (Wildman–Crippen LogP) is 3.58. The summed E-state index contributed by atoms with van der Waals surface area (Å²) in [5.74, 6) is 0. The fourth-order valence-electron chi connectivity index (χ4n) is 2.98. The van der Waals surface area contributed by atoms with E-state index in [-0.39, 0.29) is 6.04 Å². The van der Waals surface area contributed by atoms with E-state index in [4.69, 9.17) is 0 Å². The summed E-state index contributed by atoms with van der Waals surface area (Å²) in [7, 11) is 0. The molecule has 122 valence electrons. The number of nitrogens with zero attached hydrogens (tertiary/aromatic N) is 2. The van der Waals surface area contributed by atoms with Crippen LogP contribution in [0.25, 0.3) is 0 Å². The van der Waals surface area contributed by atoms with E-state index in [0.29, 0.717) is 18.4 Å². The summed E-state index contributed by atoms with van der Waals surface area (Å²) in [6, 6.07) is 7.37. The Kier molecular flexibility index (Phi) is 5.58. The van der Waals surface area contributed by atoms with Crippen LogP contribution in [0, 0.1) is 18.3 Å². The van der Waals surface area contributed by atoms with Gasteiger partial charge >= 0.3 is 12.1 Å². The van der Waals surface area contributed by atoms with Crippen molar-refractivity contribution < 1.29 is 14.7 Å². The molecule has 2 rings (SSSR count). The van der Waals surface area contributed by atoms with Crippen LogP contribution in [0.4, 0.5) is 9.59 Å². The standard InChI is InChI=1S/C17H21N3O3/c1-12-6-5-7-13(10-12)15(11-18)19-16(21)20(17(22)23)14-8-3-2-4-9-14/h5-7,10,14-15H,2-4,8-9H2,1H3,(H,19,21)(H,22,23)/t15-/m1/s1. The third-order valence-corrected chi connectivity index (χ3v) is 4.14. The molecule has 0 aromatic heterocycles. The summed E-state index contributed by atoms with van der Waals surface area (Å²) >= 11 is 0. The minimum atomic E-state index is -1.27. The topological polar surface area (TPSA) is 93.4 Å². The van der Waals surface area contributed by atoms with E-state index in [0.717, 1.165) is 29.7 Å². The van der Waals surface area contributed by atoms with Crippen molar-refractivity contribution in [2.24, 2.45) is 0 Å². The van der Waals surface area contributed by atoms with Crippen LogP contribution in [-0.4, -0.2) is 28.2 Å². The van der Waals surface area contributed by atoms with Gasteiger partial charge in [-0.05, 0) is 25.3 Å². The lowest BCUT2D eigenvalue weighted by Gasteiger charge is -2.31. The van der Waals surface area contributed by atoms with E-state index in [1.807, 2.05) is 19.1 Å². The molecule has 0 radical (unpaired) electrons. The monoisotopic (exact) mass is 315 g/mol. The van der Waals surface area contributed by atoms with Crippen molar-refractivity contribution in [3.05, 3.63) is 35.4 Å². The Morgan fingerprint density at radius 3 is 2.61 bits per heavy atom. The van der Waals surface area contributed by atoms with Crippen molar-refractivity contribution in [1.82, 2.24) is 10.2 Å². The number of rotatable bonds is 3. The number of hydrogen-bond acceptors (Lipinski definition) is 3. The van der Waals surface area contributed by atoms with Gasteiger partial charge in [-0.3, -0.25) is 0 Å². The van der Waals surface area contributed by atoms with Gasteiger partial charge in [-0.25, -0.2) is 14.5 Å². The maximum atomic E-state index is 12.4. The van der Waals surface area contributed by atoms with E-state index in [9.17, 15) is 20.0 Å². The molecule has 1 saturated carbocycles. The van der Waals surface area contributed by atoms with Crippen LogP contribution in [0.5, 0.6) is 0 Å². The molecule has 1 aromatic rings. The SMILES string of the molecule is Cc1cccc([C@@H](C#N)NC(=O)N(C(=O)O)C2CCCCC2)c1. The molecule has 1 aliphatic carbocycles. The van der Waals surface area contributed by atoms with Crippen LogP contribution in [0.1, 0.15) is 49.3 Å². The fraction of sp³-hybridized carbons (Fsp3) is 0.471. The Bertz CT molecular complexity index is 618. The van der Waals surface area contributed by atoms with Crippen LogP contribution in [0.3, 0.4) is 0 Å². The number of hydrogen-bond donors (Lipinski definition) is 2.